The normalized spacial score (nSPS) is 15.4. The molecule has 1 aromatic rings. The lowest BCUT2D eigenvalue weighted by atomic mass is 10.1. The number of carboxylic acid groups (broad SMARTS) is 2. The maximum Gasteiger partial charge on any atom is 0.326 e. The van der Waals surface area contributed by atoms with Crippen LogP contribution in [0.3, 0.4) is 0 Å². The fourth-order valence-corrected chi connectivity index (χ4v) is 2.80. The predicted molar refractivity (Wildman–Crippen MR) is 116 cm³/mol. The SMILES string of the molecule is CC(O)C(NC(=O)C(N)CS)C(=O)NC(Cc1cnc[nH]1)C(=O)NC(CCC(=O)O)C(=O)O. The Hall–Kier alpha value is -3.17. The van der Waals surface area contributed by atoms with Gasteiger partial charge in [-0.3, -0.25) is 19.2 Å². The summed E-state index contributed by atoms with van der Waals surface area (Å²) in [6.07, 6.45) is 0.326. The van der Waals surface area contributed by atoms with Gasteiger partial charge in [-0.1, -0.05) is 0 Å². The molecule has 3 amide bonds. The number of rotatable bonds is 14. The first-order chi connectivity index (χ1) is 15.5. The largest absolute Gasteiger partial charge is 0.481 e. The van der Waals surface area contributed by atoms with Crippen LogP contribution in [0.25, 0.3) is 0 Å². The van der Waals surface area contributed by atoms with E-state index in [4.69, 9.17) is 10.8 Å². The van der Waals surface area contributed by atoms with E-state index in [2.05, 4.69) is 38.5 Å². The van der Waals surface area contributed by atoms with Crippen molar-refractivity contribution in [3.05, 3.63) is 18.2 Å². The van der Waals surface area contributed by atoms with Gasteiger partial charge in [-0.25, -0.2) is 9.78 Å². The van der Waals surface area contributed by atoms with Crippen molar-refractivity contribution in [2.24, 2.45) is 5.73 Å². The van der Waals surface area contributed by atoms with Crippen molar-refractivity contribution in [2.75, 3.05) is 5.75 Å². The third kappa shape index (κ3) is 9.46. The average molecular weight is 489 g/mol. The van der Waals surface area contributed by atoms with E-state index in [1.54, 1.807) is 0 Å². The second-order valence-corrected chi connectivity index (χ2v) is 7.56. The molecule has 5 unspecified atom stereocenters. The Morgan fingerprint density at radius 3 is 2.21 bits per heavy atom. The van der Waals surface area contributed by atoms with Gasteiger partial charge in [-0.15, -0.1) is 0 Å². The number of H-pyrrole nitrogens is 1. The number of aliphatic hydroxyl groups is 1. The summed E-state index contributed by atoms with van der Waals surface area (Å²) in [4.78, 5) is 66.3. The molecule has 1 heterocycles. The van der Waals surface area contributed by atoms with E-state index in [0.717, 1.165) is 0 Å². The van der Waals surface area contributed by atoms with E-state index in [1.165, 1.54) is 19.4 Å². The first-order valence-corrected chi connectivity index (χ1v) is 10.5. The lowest BCUT2D eigenvalue weighted by Crippen LogP contribution is -2.60. The van der Waals surface area contributed by atoms with Crippen molar-refractivity contribution in [3.63, 3.8) is 0 Å². The number of carbonyl (C=O) groups excluding carboxylic acids is 3. The molecule has 184 valence electrons. The molecule has 1 rings (SSSR count). The van der Waals surface area contributed by atoms with Crippen LogP contribution in [-0.4, -0.2) is 91.0 Å². The fraction of sp³-hybridized carbons (Fsp3) is 0.556. The molecule has 15 heteroatoms. The van der Waals surface area contributed by atoms with E-state index in [1.807, 2.05) is 0 Å². The summed E-state index contributed by atoms with van der Waals surface area (Å²) >= 11 is 3.89. The molecule has 0 aliphatic carbocycles. The summed E-state index contributed by atoms with van der Waals surface area (Å²) in [6.45, 7) is 1.24. The van der Waals surface area contributed by atoms with E-state index >= 15 is 0 Å². The predicted octanol–water partition coefficient (Wildman–Crippen LogP) is -3.01. The highest BCUT2D eigenvalue weighted by atomic mass is 32.1. The number of nitrogens with zero attached hydrogens (tertiary/aromatic N) is 1. The Morgan fingerprint density at radius 1 is 1.09 bits per heavy atom. The van der Waals surface area contributed by atoms with Crippen molar-refractivity contribution in [1.82, 2.24) is 25.9 Å². The number of aliphatic hydroxyl groups excluding tert-OH is 1. The molecule has 0 radical (unpaired) electrons. The molecular formula is C18H28N6O8S. The van der Waals surface area contributed by atoms with Crippen molar-refractivity contribution >= 4 is 42.3 Å². The number of aromatic nitrogens is 2. The van der Waals surface area contributed by atoms with Crippen LogP contribution in [0.15, 0.2) is 12.5 Å². The number of carbonyl (C=O) groups is 5. The number of hydrogen-bond donors (Lipinski definition) is 9. The molecular weight excluding hydrogens is 460 g/mol. The molecule has 0 saturated carbocycles. The molecule has 0 bridgehead atoms. The molecule has 0 spiro atoms. The van der Waals surface area contributed by atoms with Gasteiger partial charge in [-0.05, 0) is 13.3 Å². The number of nitrogens with one attached hydrogen (secondary N) is 4. The third-order valence-corrected chi connectivity index (χ3v) is 4.86. The monoisotopic (exact) mass is 488 g/mol. The lowest BCUT2D eigenvalue weighted by Gasteiger charge is -2.26. The van der Waals surface area contributed by atoms with Crippen molar-refractivity contribution in [3.8, 4) is 0 Å². The van der Waals surface area contributed by atoms with Crippen LogP contribution in [0.1, 0.15) is 25.5 Å². The highest BCUT2D eigenvalue weighted by Crippen LogP contribution is 2.05. The molecule has 9 N–H and O–H groups in total. The van der Waals surface area contributed by atoms with E-state index in [-0.39, 0.29) is 18.6 Å². The van der Waals surface area contributed by atoms with Gasteiger partial charge >= 0.3 is 11.9 Å². The van der Waals surface area contributed by atoms with Crippen LogP contribution in [0.4, 0.5) is 0 Å². The first-order valence-electron chi connectivity index (χ1n) is 9.83. The van der Waals surface area contributed by atoms with Gasteiger partial charge < -0.3 is 42.0 Å². The van der Waals surface area contributed by atoms with E-state index < -0.39 is 66.4 Å². The third-order valence-electron chi connectivity index (χ3n) is 4.47. The van der Waals surface area contributed by atoms with Gasteiger partial charge in [0.2, 0.25) is 17.7 Å². The number of aliphatic carboxylic acids is 2. The summed E-state index contributed by atoms with van der Waals surface area (Å²) in [7, 11) is 0. The molecule has 0 saturated heterocycles. The first kappa shape index (κ1) is 27.9. The number of thiol groups is 1. The van der Waals surface area contributed by atoms with Crippen molar-refractivity contribution < 1.29 is 39.3 Å². The quantitative estimate of drug-likeness (QED) is 0.120. The van der Waals surface area contributed by atoms with Gasteiger partial charge in [0, 0.05) is 30.5 Å². The summed E-state index contributed by atoms with van der Waals surface area (Å²) in [5.74, 6) is -5.31. The molecule has 1 aromatic heterocycles. The van der Waals surface area contributed by atoms with Crippen LogP contribution in [0.2, 0.25) is 0 Å². The Balaban J connectivity index is 3.03. The molecule has 0 aromatic carbocycles. The highest BCUT2D eigenvalue weighted by Gasteiger charge is 2.32. The standard InChI is InChI=1S/C18H28N6O8S/c1-8(25)14(24-15(28)10(19)6-33)17(30)23-12(4-9-5-20-7-21-9)16(29)22-11(18(31)32)2-3-13(26)27/h5,7-8,10-12,14,25,33H,2-4,6,19H2,1H3,(H,20,21)(H,22,29)(H,23,30)(H,24,28)(H,26,27)(H,31,32). The Kier molecular flexibility index (Phi) is 11.3. The topological polar surface area (TPSA) is 237 Å². The van der Waals surface area contributed by atoms with Crippen molar-refractivity contribution in [2.45, 2.75) is 56.5 Å². The summed E-state index contributed by atoms with van der Waals surface area (Å²) < 4.78 is 0. The van der Waals surface area contributed by atoms with Crippen molar-refractivity contribution in [1.29, 1.82) is 0 Å². The molecule has 0 aliphatic heterocycles. The number of aromatic amines is 1. The van der Waals surface area contributed by atoms with E-state index in [0.29, 0.717) is 5.69 Å². The van der Waals surface area contributed by atoms with Gasteiger partial charge in [0.25, 0.3) is 0 Å². The second-order valence-electron chi connectivity index (χ2n) is 7.19. The fourth-order valence-electron chi connectivity index (χ4n) is 2.63. The molecule has 0 fully saturated rings. The van der Waals surface area contributed by atoms with Crippen LogP contribution in [-0.2, 0) is 30.4 Å². The average Bonchev–Trinajstić information content (AvgIpc) is 3.25. The molecule has 33 heavy (non-hydrogen) atoms. The molecule has 14 nitrogen and oxygen atoms in total. The smallest absolute Gasteiger partial charge is 0.326 e. The van der Waals surface area contributed by atoms with Gasteiger partial charge in [0.15, 0.2) is 0 Å². The zero-order valence-electron chi connectivity index (χ0n) is 17.7. The van der Waals surface area contributed by atoms with Crippen LogP contribution < -0.4 is 21.7 Å². The molecule has 5 atom stereocenters. The summed E-state index contributed by atoms with van der Waals surface area (Å²) in [5.41, 5.74) is 5.98. The van der Waals surface area contributed by atoms with Gasteiger partial charge in [0.05, 0.1) is 18.5 Å². The Labute approximate surface area is 194 Å². The lowest BCUT2D eigenvalue weighted by molar-refractivity contribution is -0.143. The minimum atomic E-state index is -1.52. The minimum absolute atomic E-state index is 0.0161. The number of hydrogen-bond acceptors (Lipinski definition) is 9. The molecule has 0 aliphatic rings. The van der Waals surface area contributed by atoms with E-state index in [9.17, 15) is 34.2 Å². The Morgan fingerprint density at radius 2 is 1.73 bits per heavy atom. The van der Waals surface area contributed by atoms with Gasteiger partial charge in [0.1, 0.15) is 18.1 Å². The van der Waals surface area contributed by atoms with Gasteiger partial charge in [-0.2, -0.15) is 12.6 Å². The number of nitrogens with two attached hydrogens (primary N) is 1. The van der Waals surface area contributed by atoms with Crippen LogP contribution in [0.5, 0.6) is 0 Å². The second kappa shape index (κ2) is 13.4. The van der Waals surface area contributed by atoms with Crippen LogP contribution >= 0.6 is 12.6 Å². The maximum absolute atomic E-state index is 12.8. The maximum atomic E-state index is 12.8. The zero-order chi connectivity index (χ0) is 25.1. The minimum Gasteiger partial charge on any atom is -0.481 e. The van der Waals surface area contributed by atoms with Crippen LogP contribution in [0, 0.1) is 0 Å². The number of carboxylic acids is 2. The number of imidazole rings is 1. The summed E-state index contributed by atoms with van der Waals surface area (Å²) in [6, 6.07) is -5.38. The Bertz CT molecular complexity index is 834. The summed E-state index contributed by atoms with van der Waals surface area (Å²) in [5, 5.41) is 34.8. The highest BCUT2D eigenvalue weighted by molar-refractivity contribution is 7.80. The number of amides is 3. The zero-order valence-corrected chi connectivity index (χ0v) is 18.6.